The SMILES string of the molecule is COc1cccc(OC)c1C(=O)N1CCN(C(=O)C2CCCO2)CC1. The quantitative estimate of drug-likeness (QED) is 0.817. The molecule has 7 heteroatoms. The molecule has 2 amide bonds. The van der Waals surface area contributed by atoms with E-state index in [1.165, 1.54) is 14.2 Å². The number of hydrogen-bond acceptors (Lipinski definition) is 5. The second kappa shape index (κ2) is 7.74. The largest absolute Gasteiger partial charge is 0.496 e. The normalized spacial score (nSPS) is 20.5. The number of amides is 2. The van der Waals surface area contributed by atoms with Crippen LogP contribution in [0.1, 0.15) is 23.2 Å². The Labute approximate surface area is 147 Å². The highest BCUT2D eigenvalue weighted by Gasteiger charge is 2.32. The molecule has 0 bridgehead atoms. The molecule has 0 saturated carbocycles. The number of benzene rings is 1. The van der Waals surface area contributed by atoms with E-state index in [1.807, 2.05) is 0 Å². The number of carbonyl (C=O) groups is 2. The molecule has 2 aliphatic rings. The van der Waals surface area contributed by atoms with Crippen LogP contribution in [0, 0.1) is 0 Å². The predicted octanol–water partition coefficient (Wildman–Crippen LogP) is 1.17. The Kier molecular flexibility index (Phi) is 5.43. The fourth-order valence-corrected chi connectivity index (χ4v) is 3.33. The molecule has 25 heavy (non-hydrogen) atoms. The van der Waals surface area contributed by atoms with Crippen LogP contribution in [0.5, 0.6) is 11.5 Å². The van der Waals surface area contributed by atoms with Gasteiger partial charge in [0.2, 0.25) is 0 Å². The topological polar surface area (TPSA) is 68.3 Å². The minimum atomic E-state index is -0.309. The predicted molar refractivity (Wildman–Crippen MR) is 91.0 cm³/mol. The van der Waals surface area contributed by atoms with Crippen molar-refractivity contribution in [3.63, 3.8) is 0 Å². The lowest BCUT2D eigenvalue weighted by Crippen LogP contribution is -2.52. The summed E-state index contributed by atoms with van der Waals surface area (Å²) < 4.78 is 16.1. The van der Waals surface area contributed by atoms with E-state index in [-0.39, 0.29) is 17.9 Å². The number of piperazine rings is 1. The number of methoxy groups -OCH3 is 2. The van der Waals surface area contributed by atoms with Gasteiger partial charge in [0, 0.05) is 32.8 Å². The molecule has 2 fully saturated rings. The first-order chi connectivity index (χ1) is 12.2. The fraction of sp³-hybridized carbons (Fsp3) is 0.556. The average molecular weight is 348 g/mol. The molecule has 2 saturated heterocycles. The fourth-order valence-electron chi connectivity index (χ4n) is 3.33. The first-order valence-corrected chi connectivity index (χ1v) is 8.56. The van der Waals surface area contributed by atoms with Crippen molar-refractivity contribution in [3.05, 3.63) is 23.8 Å². The van der Waals surface area contributed by atoms with Crippen molar-refractivity contribution in [1.82, 2.24) is 9.80 Å². The molecule has 0 spiro atoms. The summed E-state index contributed by atoms with van der Waals surface area (Å²) in [5.41, 5.74) is 0.423. The molecular weight excluding hydrogens is 324 g/mol. The summed E-state index contributed by atoms with van der Waals surface area (Å²) in [4.78, 5) is 28.9. The average Bonchev–Trinajstić information content (AvgIpc) is 3.21. The molecule has 2 heterocycles. The van der Waals surface area contributed by atoms with E-state index < -0.39 is 0 Å². The minimum absolute atomic E-state index is 0.0412. The van der Waals surface area contributed by atoms with Gasteiger partial charge in [0.1, 0.15) is 23.2 Å². The van der Waals surface area contributed by atoms with Gasteiger partial charge in [-0.25, -0.2) is 0 Å². The number of ether oxygens (including phenoxy) is 3. The van der Waals surface area contributed by atoms with Gasteiger partial charge in [0.05, 0.1) is 14.2 Å². The van der Waals surface area contributed by atoms with Gasteiger partial charge in [0.15, 0.2) is 0 Å². The summed E-state index contributed by atoms with van der Waals surface area (Å²) in [5.74, 6) is 0.877. The molecule has 136 valence electrons. The number of hydrogen-bond donors (Lipinski definition) is 0. The molecule has 1 aromatic carbocycles. The first kappa shape index (κ1) is 17.5. The van der Waals surface area contributed by atoms with Crippen LogP contribution < -0.4 is 9.47 Å². The van der Waals surface area contributed by atoms with Crippen molar-refractivity contribution >= 4 is 11.8 Å². The van der Waals surface area contributed by atoms with Crippen molar-refractivity contribution in [2.75, 3.05) is 47.0 Å². The summed E-state index contributed by atoms with van der Waals surface area (Å²) in [5, 5.41) is 0. The highest BCUT2D eigenvalue weighted by atomic mass is 16.5. The van der Waals surface area contributed by atoms with Crippen LogP contribution in [0.15, 0.2) is 18.2 Å². The standard InChI is InChI=1S/C18H24N2O5/c1-23-13-5-3-6-14(24-2)16(13)18(22)20-10-8-19(9-11-20)17(21)15-7-4-12-25-15/h3,5-6,15H,4,7-12H2,1-2H3. The third-order valence-electron chi connectivity index (χ3n) is 4.73. The van der Waals surface area contributed by atoms with Crippen LogP contribution in [0.2, 0.25) is 0 Å². The van der Waals surface area contributed by atoms with Crippen molar-refractivity contribution in [1.29, 1.82) is 0 Å². The Balaban J connectivity index is 1.67. The molecule has 3 rings (SSSR count). The molecule has 0 aromatic heterocycles. The van der Waals surface area contributed by atoms with E-state index in [1.54, 1.807) is 28.0 Å². The van der Waals surface area contributed by atoms with E-state index >= 15 is 0 Å². The summed E-state index contributed by atoms with van der Waals surface area (Å²) in [7, 11) is 3.06. The van der Waals surface area contributed by atoms with Gasteiger partial charge in [0.25, 0.3) is 11.8 Å². The summed E-state index contributed by atoms with van der Waals surface area (Å²) in [6.07, 6.45) is 1.41. The maximum atomic E-state index is 12.9. The summed E-state index contributed by atoms with van der Waals surface area (Å²) in [6, 6.07) is 5.27. The molecule has 0 N–H and O–H groups in total. The van der Waals surface area contributed by atoms with Crippen molar-refractivity contribution < 1.29 is 23.8 Å². The van der Waals surface area contributed by atoms with Crippen LogP contribution in [-0.2, 0) is 9.53 Å². The van der Waals surface area contributed by atoms with E-state index in [0.717, 1.165) is 12.8 Å². The second-order valence-corrected chi connectivity index (χ2v) is 6.16. The van der Waals surface area contributed by atoms with Crippen LogP contribution in [0.25, 0.3) is 0 Å². The zero-order valence-corrected chi connectivity index (χ0v) is 14.7. The van der Waals surface area contributed by atoms with Gasteiger partial charge in [-0.1, -0.05) is 6.07 Å². The van der Waals surface area contributed by atoms with Gasteiger partial charge >= 0.3 is 0 Å². The first-order valence-electron chi connectivity index (χ1n) is 8.56. The Morgan fingerprint density at radius 3 is 2.16 bits per heavy atom. The Morgan fingerprint density at radius 1 is 1.04 bits per heavy atom. The van der Waals surface area contributed by atoms with E-state index in [2.05, 4.69) is 0 Å². The maximum absolute atomic E-state index is 12.9. The zero-order chi connectivity index (χ0) is 17.8. The Bertz CT molecular complexity index is 612. The lowest BCUT2D eigenvalue weighted by Gasteiger charge is -2.36. The lowest BCUT2D eigenvalue weighted by molar-refractivity contribution is -0.142. The van der Waals surface area contributed by atoms with Gasteiger partial charge < -0.3 is 24.0 Å². The van der Waals surface area contributed by atoms with Crippen molar-refractivity contribution in [3.8, 4) is 11.5 Å². The Morgan fingerprint density at radius 2 is 1.64 bits per heavy atom. The van der Waals surface area contributed by atoms with Crippen LogP contribution >= 0.6 is 0 Å². The molecule has 2 aliphatic heterocycles. The second-order valence-electron chi connectivity index (χ2n) is 6.16. The summed E-state index contributed by atoms with van der Waals surface area (Å²) in [6.45, 7) is 2.66. The van der Waals surface area contributed by atoms with Crippen LogP contribution in [0.4, 0.5) is 0 Å². The third-order valence-corrected chi connectivity index (χ3v) is 4.73. The maximum Gasteiger partial charge on any atom is 0.261 e. The molecule has 1 atom stereocenters. The molecule has 1 aromatic rings. The zero-order valence-electron chi connectivity index (χ0n) is 14.7. The van der Waals surface area contributed by atoms with E-state index in [0.29, 0.717) is 49.8 Å². The smallest absolute Gasteiger partial charge is 0.261 e. The van der Waals surface area contributed by atoms with Gasteiger partial charge in [-0.15, -0.1) is 0 Å². The minimum Gasteiger partial charge on any atom is -0.496 e. The third kappa shape index (κ3) is 3.56. The van der Waals surface area contributed by atoms with Gasteiger partial charge in [-0.3, -0.25) is 9.59 Å². The highest BCUT2D eigenvalue weighted by molar-refractivity contribution is 6.00. The number of rotatable bonds is 4. The van der Waals surface area contributed by atoms with Crippen molar-refractivity contribution in [2.24, 2.45) is 0 Å². The molecule has 7 nitrogen and oxygen atoms in total. The van der Waals surface area contributed by atoms with E-state index in [9.17, 15) is 9.59 Å². The molecule has 1 unspecified atom stereocenters. The molecule has 0 aliphatic carbocycles. The van der Waals surface area contributed by atoms with Gasteiger partial charge in [-0.05, 0) is 25.0 Å². The molecular formula is C18H24N2O5. The Hall–Kier alpha value is -2.28. The van der Waals surface area contributed by atoms with Gasteiger partial charge in [-0.2, -0.15) is 0 Å². The van der Waals surface area contributed by atoms with Crippen LogP contribution in [-0.4, -0.2) is 74.7 Å². The summed E-state index contributed by atoms with van der Waals surface area (Å²) >= 11 is 0. The monoisotopic (exact) mass is 348 g/mol. The molecule has 0 radical (unpaired) electrons. The number of carbonyl (C=O) groups excluding carboxylic acids is 2. The van der Waals surface area contributed by atoms with Crippen molar-refractivity contribution in [2.45, 2.75) is 18.9 Å². The highest BCUT2D eigenvalue weighted by Crippen LogP contribution is 2.30. The number of nitrogens with zero attached hydrogens (tertiary/aromatic N) is 2. The van der Waals surface area contributed by atoms with E-state index in [4.69, 9.17) is 14.2 Å². The van der Waals surface area contributed by atoms with Crippen LogP contribution in [0.3, 0.4) is 0 Å². The lowest BCUT2D eigenvalue weighted by atomic mass is 10.1.